The van der Waals surface area contributed by atoms with Gasteiger partial charge in [0, 0.05) is 19.1 Å². The Morgan fingerprint density at radius 2 is 1.91 bits per heavy atom. The van der Waals surface area contributed by atoms with Crippen LogP contribution in [-0.2, 0) is 4.79 Å². The summed E-state index contributed by atoms with van der Waals surface area (Å²) in [4.78, 5) is 14.7. The molecule has 0 spiro atoms. The van der Waals surface area contributed by atoms with Crippen molar-refractivity contribution in [1.82, 2.24) is 9.80 Å². The Balaban J connectivity index is 1.89. The second kappa shape index (κ2) is 7.21. The Labute approximate surface area is 133 Å². The van der Waals surface area contributed by atoms with Crippen LogP contribution in [0.25, 0.3) is 0 Å². The maximum Gasteiger partial charge on any atom is 0.405 e. The molecule has 7 heteroatoms. The van der Waals surface area contributed by atoms with E-state index in [-0.39, 0.29) is 31.5 Å². The lowest BCUT2D eigenvalue weighted by atomic mass is 10.1. The van der Waals surface area contributed by atoms with Crippen LogP contribution in [0.15, 0.2) is 30.3 Å². The van der Waals surface area contributed by atoms with Crippen molar-refractivity contribution in [3.8, 4) is 5.75 Å². The molecular weight excluding hydrogens is 309 g/mol. The Hall–Kier alpha value is -1.76. The molecule has 0 N–H and O–H groups in total. The van der Waals surface area contributed by atoms with Gasteiger partial charge >= 0.3 is 6.18 Å². The van der Waals surface area contributed by atoms with Crippen LogP contribution in [0.2, 0.25) is 0 Å². The van der Waals surface area contributed by atoms with Crippen LogP contribution in [0.5, 0.6) is 5.75 Å². The van der Waals surface area contributed by atoms with E-state index in [1.807, 2.05) is 18.2 Å². The number of rotatable bonds is 4. The Morgan fingerprint density at radius 1 is 1.26 bits per heavy atom. The number of halogens is 3. The molecule has 2 rings (SSSR count). The highest BCUT2D eigenvalue weighted by molar-refractivity contribution is 5.76. The summed E-state index contributed by atoms with van der Waals surface area (Å²) < 4.78 is 44.6. The molecule has 4 nitrogen and oxygen atoms in total. The molecule has 1 saturated heterocycles. The van der Waals surface area contributed by atoms with Gasteiger partial charge in [-0.25, -0.2) is 0 Å². The first-order chi connectivity index (χ1) is 10.8. The molecule has 0 bridgehead atoms. The van der Waals surface area contributed by atoms with Gasteiger partial charge in [-0.2, -0.15) is 13.2 Å². The van der Waals surface area contributed by atoms with Gasteiger partial charge in [0.25, 0.3) is 0 Å². The van der Waals surface area contributed by atoms with E-state index in [0.29, 0.717) is 12.3 Å². The molecular formula is C16H21F3N2O2. The van der Waals surface area contributed by atoms with Gasteiger partial charge in [-0.3, -0.25) is 9.69 Å². The van der Waals surface area contributed by atoms with Crippen molar-refractivity contribution in [2.75, 3.05) is 26.7 Å². The molecule has 2 atom stereocenters. The van der Waals surface area contributed by atoms with Crippen molar-refractivity contribution < 1.29 is 22.7 Å². The molecule has 1 aromatic rings. The maximum absolute atomic E-state index is 13.1. The Morgan fingerprint density at radius 3 is 2.52 bits per heavy atom. The van der Waals surface area contributed by atoms with Gasteiger partial charge < -0.3 is 9.64 Å². The smallest absolute Gasteiger partial charge is 0.405 e. The highest BCUT2D eigenvalue weighted by atomic mass is 19.4. The zero-order chi connectivity index (χ0) is 17.0. The highest BCUT2D eigenvalue weighted by Crippen LogP contribution is 2.29. The first-order valence-electron chi connectivity index (χ1n) is 7.53. The summed E-state index contributed by atoms with van der Waals surface area (Å²) in [5.41, 5.74) is 0. The van der Waals surface area contributed by atoms with Gasteiger partial charge in [0.15, 0.2) is 0 Å². The lowest BCUT2D eigenvalue weighted by Crippen LogP contribution is -2.62. The van der Waals surface area contributed by atoms with Gasteiger partial charge in [-0.15, -0.1) is 0 Å². The number of ether oxygens (including phenoxy) is 1. The number of piperazine rings is 1. The minimum atomic E-state index is -4.34. The van der Waals surface area contributed by atoms with Gasteiger partial charge in [0.2, 0.25) is 5.91 Å². The zero-order valence-corrected chi connectivity index (χ0v) is 13.2. The van der Waals surface area contributed by atoms with Crippen molar-refractivity contribution in [2.45, 2.75) is 31.6 Å². The predicted molar refractivity (Wildman–Crippen MR) is 80.2 cm³/mol. The van der Waals surface area contributed by atoms with E-state index in [4.69, 9.17) is 4.74 Å². The standard InChI is InChI=1S/C16H21F3N2O2/c1-12-10-21(11-14(20(12)2)16(17,18)19)15(22)8-9-23-13-6-4-3-5-7-13/h3-7,12,14H,8-11H2,1-2H3. The molecule has 2 unspecified atom stereocenters. The molecule has 1 heterocycles. The summed E-state index contributed by atoms with van der Waals surface area (Å²) in [6, 6.07) is 7.05. The van der Waals surface area contributed by atoms with Crippen LogP contribution in [-0.4, -0.2) is 60.7 Å². The first-order valence-corrected chi connectivity index (χ1v) is 7.53. The number of para-hydroxylation sites is 1. The largest absolute Gasteiger partial charge is 0.493 e. The third kappa shape index (κ3) is 4.60. The molecule has 0 saturated carbocycles. The molecule has 1 aliphatic heterocycles. The van der Waals surface area contributed by atoms with Crippen LogP contribution in [0.3, 0.4) is 0 Å². The summed E-state index contributed by atoms with van der Waals surface area (Å²) in [5.74, 6) is 0.329. The fourth-order valence-electron chi connectivity index (χ4n) is 2.64. The van der Waals surface area contributed by atoms with Crippen LogP contribution < -0.4 is 4.74 Å². The van der Waals surface area contributed by atoms with Gasteiger partial charge in [-0.1, -0.05) is 18.2 Å². The van der Waals surface area contributed by atoms with Crippen LogP contribution in [0, 0.1) is 0 Å². The lowest BCUT2D eigenvalue weighted by Gasteiger charge is -2.44. The number of benzene rings is 1. The maximum atomic E-state index is 13.1. The van der Waals surface area contributed by atoms with E-state index in [1.165, 1.54) is 16.8 Å². The number of carbonyl (C=O) groups is 1. The molecule has 0 radical (unpaired) electrons. The second-order valence-electron chi connectivity index (χ2n) is 5.78. The van der Waals surface area contributed by atoms with Crippen molar-refractivity contribution in [3.05, 3.63) is 30.3 Å². The van der Waals surface area contributed by atoms with Crippen molar-refractivity contribution in [1.29, 1.82) is 0 Å². The summed E-state index contributed by atoms with van der Waals surface area (Å²) in [7, 11) is 1.45. The van der Waals surface area contributed by atoms with E-state index in [2.05, 4.69) is 0 Å². The minimum Gasteiger partial charge on any atom is -0.493 e. The lowest BCUT2D eigenvalue weighted by molar-refractivity contribution is -0.201. The number of carbonyl (C=O) groups excluding carboxylic acids is 1. The van der Waals surface area contributed by atoms with Gasteiger partial charge in [-0.05, 0) is 26.1 Å². The molecule has 128 valence electrons. The fraction of sp³-hybridized carbons (Fsp3) is 0.562. The number of hydrogen-bond donors (Lipinski definition) is 0. The van der Waals surface area contributed by atoms with E-state index in [1.54, 1.807) is 19.1 Å². The number of hydrogen-bond acceptors (Lipinski definition) is 3. The monoisotopic (exact) mass is 330 g/mol. The van der Waals surface area contributed by atoms with Crippen LogP contribution in [0.4, 0.5) is 13.2 Å². The summed E-state index contributed by atoms with van der Waals surface area (Å²) in [6.07, 6.45) is -4.28. The fourth-order valence-corrected chi connectivity index (χ4v) is 2.64. The van der Waals surface area contributed by atoms with Crippen molar-refractivity contribution in [3.63, 3.8) is 0 Å². The average molecular weight is 330 g/mol. The Kier molecular flexibility index (Phi) is 5.51. The van der Waals surface area contributed by atoms with Crippen LogP contribution in [0.1, 0.15) is 13.3 Å². The molecule has 0 aliphatic carbocycles. The molecule has 1 aromatic carbocycles. The summed E-state index contributed by atoms with van der Waals surface area (Å²) in [6.45, 7) is 1.82. The molecule has 1 fully saturated rings. The molecule has 0 aromatic heterocycles. The second-order valence-corrected chi connectivity index (χ2v) is 5.78. The average Bonchev–Trinajstić information content (AvgIpc) is 2.49. The third-order valence-electron chi connectivity index (χ3n) is 4.12. The SMILES string of the molecule is CC1CN(C(=O)CCOc2ccccc2)CC(C(F)(F)F)N1C. The van der Waals surface area contributed by atoms with E-state index in [0.717, 1.165) is 0 Å². The van der Waals surface area contributed by atoms with E-state index in [9.17, 15) is 18.0 Å². The highest BCUT2D eigenvalue weighted by Gasteiger charge is 2.47. The third-order valence-corrected chi connectivity index (χ3v) is 4.12. The number of amides is 1. The van der Waals surface area contributed by atoms with Crippen molar-refractivity contribution >= 4 is 5.91 Å². The predicted octanol–water partition coefficient (Wildman–Crippen LogP) is 2.55. The number of alkyl halides is 3. The normalized spacial score (nSPS) is 22.9. The zero-order valence-electron chi connectivity index (χ0n) is 13.2. The topological polar surface area (TPSA) is 32.8 Å². The molecule has 23 heavy (non-hydrogen) atoms. The van der Waals surface area contributed by atoms with Gasteiger partial charge in [0.05, 0.1) is 13.0 Å². The van der Waals surface area contributed by atoms with Crippen molar-refractivity contribution in [2.24, 2.45) is 0 Å². The number of likely N-dealkylation sites (N-methyl/N-ethyl adjacent to an activating group) is 1. The first kappa shape index (κ1) is 17.6. The van der Waals surface area contributed by atoms with Gasteiger partial charge in [0.1, 0.15) is 11.8 Å². The number of nitrogens with zero attached hydrogens (tertiary/aromatic N) is 2. The van der Waals surface area contributed by atoms with E-state index >= 15 is 0 Å². The Bertz CT molecular complexity index is 522. The van der Waals surface area contributed by atoms with E-state index < -0.39 is 12.2 Å². The molecule has 1 amide bonds. The summed E-state index contributed by atoms with van der Waals surface area (Å²) >= 11 is 0. The van der Waals surface area contributed by atoms with Crippen LogP contribution >= 0.6 is 0 Å². The quantitative estimate of drug-likeness (QED) is 0.851. The molecule has 1 aliphatic rings. The minimum absolute atomic E-state index is 0.0654. The summed E-state index contributed by atoms with van der Waals surface area (Å²) in [5, 5.41) is 0.